The van der Waals surface area contributed by atoms with Crippen LogP contribution in [0.2, 0.25) is 0 Å². The number of hydrogen-bond donors (Lipinski definition) is 1. The molecule has 0 fully saturated rings. The number of ether oxygens (including phenoxy) is 1. The highest BCUT2D eigenvalue weighted by atomic mass is 16.5. The van der Waals surface area contributed by atoms with Gasteiger partial charge in [0.1, 0.15) is 17.1 Å². The summed E-state index contributed by atoms with van der Waals surface area (Å²) < 4.78 is 7.21. The first-order chi connectivity index (χ1) is 15.0. The molecule has 1 amide bonds. The van der Waals surface area contributed by atoms with E-state index >= 15 is 0 Å². The minimum absolute atomic E-state index is 0.0989. The normalized spacial score (nSPS) is 11.2. The Bertz CT molecular complexity index is 1170. The van der Waals surface area contributed by atoms with Gasteiger partial charge in [-0.25, -0.2) is 4.98 Å². The topological polar surface area (TPSA) is 78.8 Å². The van der Waals surface area contributed by atoms with Crippen molar-refractivity contribution in [2.45, 2.75) is 6.54 Å². The zero-order chi connectivity index (χ0) is 21.8. The summed E-state index contributed by atoms with van der Waals surface area (Å²) in [5.41, 5.74) is 4.14. The predicted molar refractivity (Wildman–Crippen MR) is 119 cm³/mol. The molecule has 160 valence electrons. The van der Waals surface area contributed by atoms with E-state index in [1.807, 2.05) is 72.2 Å². The number of nitrogens with one attached hydrogen (secondary N) is 1. The van der Waals surface area contributed by atoms with Gasteiger partial charge in [0, 0.05) is 49.4 Å². The fraction of sp³-hybridized carbons (Fsp3) is 0.261. The first kappa shape index (κ1) is 20.6. The first-order valence-corrected chi connectivity index (χ1v) is 10.1. The minimum Gasteiger partial charge on any atom is -0.497 e. The van der Waals surface area contributed by atoms with Crippen LogP contribution in [0.4, 0.5) is 0 Å². The van der Waals surface area contributed by atoms with E-state index < -0.39 is 0 Å². The fourth-order valence-electron chi connectivity index (χ4n) is 3.40. The number of fused-ring (bicyclic) bond motifs is 1. The number of aromatic nitrogens is 4. The molecule has 31 heavy (non-hydrogen) atoms. The summed E-state index contributed by atoms with van der Waals surface area (Å²) in [7, 11) is 5.63. The molecule has 0 aliphatic carbocycles. The van der Waals surface area contributed by atoms with Crippen LogP contribution in [-0.2, 0) is 6.54 Å². The van der Waals surface area contributed by atoms with Crippen LogP contribution in [0.1, 0.15) is 16.1 Å². The SMILES string of the molecule is COc1cccc(CN(CCN(C)C)C(=O)c2cn3cc(-c4cn[nH]c4)ccc3n2)c1. The van der Waals surface area contributed by atoms with Crippen LogP contribution in [0.15, 0.2) is 61.2 Å². The van der Waals surface area contributed by atoms with E-state index in [4.69, 9.17) is 4.74 Å². The highest BCUT2D eigenvalue weighted by Crippen LogP contribution is 2.20. The number of likely N-dealkylation sites (N-methyl/N-ethyl adjacent to an activating group) is 1. The number of carbonyl (C=O) groups is 1. The zero-order valence-electron chi connectivity index (χ0n) is 17.9. The monoisotopic (exact) mass is 418 g/mol. The number of nitrogens with zero attached hydrogens (tertiary/aromatic N) is 5. The number of amides is 1. The van der Waals surface area contributed by atoms with Gasteiger partial charge in [0.25, 0.3) is 5.91 Å². The molecule has 0 bridgehead atoms. The van der Waals surface area contributed by atoms with E-state index in [0.29, 0.717) is 18.8 Å². The Morgan fingerprint density at radius 2 is 2.00 bits per heavy atom. The number of pyridine rings is 1. The van der Waals surface area contributed by atoms with Crippen molar-refractivity contribution in [3.63, 3.8) is 0 Å². The van der Waals surface area contributed by atoms with Gasteiger partial charge in [-0.05, 0) is 43.9 Å². The average Bonchev–Trinajstić information content (AvgIpc) is 3.45. The molecule has 3 aromatic heterocycles. The maximum atomic E-state index is 13.4. The molecule has 0 aliphatic heterocycles. The van der Waals surface area contributed by atoms with Gasteiger partial charge < -0.3 is 18.9 Å². The van der Waals surface area contributed by atoms with Crippen molar-refractivity contribution in [2.24, 2.45) is 0 Å². The zero-order valence-corrected chi connectivity index (χ0v) is 17.9. The van der Waals surface area contributed by atoms with Crippen LogP contribution >= 0.6 is 0 Å². The van der Waals surface area contributed by atoms with E-state index in [9.17, 15) is 4.79 Å². The fourth-order valence-corrected chi connectivity index (χ4v) is 3.40. The molecule has 0 atom stereocenters. The van der Waals surface area contributed by atoms with E-state index in [0.717, 1.165) is 34.6 Å². The molecule has 4 rings (SSSR count). The minimum atomic E-state index is -0.0989. The lowest BCUT2D eigenvalue weighted by Gasteiger charge is -2.24. The highest BCUT2D eigenvalue weighted by molar-refractivity contribution is 5.93. The Hall–Kier alpha value is -3.65. The Kier molecular flexibility index (Phi) is 5.99. The van der Waals surface area contributed by atoms with Crippen molar-refractivity contribution in [3.8, 4) is 16.9 Å². The Morgan fingerprint density at radius 1 is 1.13 bits per heavy atom. The second-order valence-corrected chi connectivity index (χ2v) is 7.68. The molecule has 0 saturated carbocycles. The van der Waals surface area contributed by atoms with Crippen molar-refractivity contribution >= 4 is 11.6 Å². The van der Waals surface area contributed by atoms with Crippen LogP contribution in [0, 0.1) is 0 Å². The number of aromatic amines is 1. The molecular weight excluding hydrogens is 392 g/mol. The maximum Gasteiger partial charge on any atom is 0.274 e. The van der Waals surface area contributed by atoms with Crippen molar-refractivity contribution in [1.82, 2.24) is 29.4 Å². The Balaban J connectivity index is 1.61. The number of H-pyrrole nitrogens is 1. The number of hydrogen-bond acceptors (Lipinski definition) is 5. The molecule has 8 heteroatoms. The van der Waals surface area contributed by atoms with Crippen LogP contribution in [0.5, 0.6) is 5.75 Å². The van der Waals surface area contributed by atoms with Gasteiger partial charge in [0.05, 0.1) is 13.3 Å². The number of imidazole rings is 1. The lowest BCUT2D eigenvalue weighted by molar-refractivity contribution is 0.0726. The van der Waals surface area contributed by atoms with Crippen molar-refractivity contribution < 1.29 is 9.53 Å². The summed E-state index contributed by atoms with van der Waals surface area (Å²) in [5, 5.41) is 6.82. The van der Waals surface area contributed by atoms with Crippen LogP contribution in [0.3, 0.4) is 0 Å². The summed E-state index contributed by atoms with van der Waals surface area (Å²) in [6.45, 7) is 1.84. The van der Waals surface area contributed by atoms with Crippen LogP contribution in [0.25, 0.3) is 16.8 Å². The second-order valence-electron chi connectivity index (χ2n) is 7.68. The van der Waals surface area contributed by atoms with Crippen molar-refractivity contribution in [3.05, 3.63) is 72.4 Å². The maximum absolute atomic E-state index is 13.4. The first-order valence-electron chi connectivity index (χ1n) is 10.1. The number of benzene rings is 1. The van der Waals surface area contributed by atoms with Gasteiger partial charge in [-0.1, -0.05) is 12.1 Å². The molecule has 0 unspecified atom stereocenters. The molecule has 0 spiro atoms. The van der Waals surface area contributed by atoms with Crippen LogP contribution in [-0.4, -0.2) is 69.6 Å². The predicted octanol–water partition coefficient (Wildman–Crippen LogP) is 2.94. The van der Waals surface area contributed by atoms with E-state index in [-0.39, 0.29) is 5.91 Å². The summed E-state index contributed by atoms with van der Waals surface area (Å²) in [6.07, 6.45) is 7.34. The van der Waals surface area contributed by atoms with Crippen molar-refractivity contribution in [1.29, 1.82) is 0 Å². The second kappa shape index (κ2) is 9.01. The van der Waals surface area contributed by atoms with Gasteiger partial charge in [0.2, 0.25) is 0 Å². The molecule has 1 N–H and O–H groups in total. The number of rotatable bonds is 8. The van der Waals surface area contributed by atoms with Crippen molar-refractivity contribution in [2.75, 3.05) is 34.3 Å². The van der Waals surface area contributed by atoms with Gasteiger partial charge in [0.15, 0.2) is 0 Å². The third kappa shape index (κ3) is 4.75. The summed E-state index contributed by atoms with van der Waals surface area (Å²) in [6, 6.07) is 11.7. The Morgan fingerprint density at radius 3 is 2.74 bits per heavy atom. The number of methoxy groups -OCH3 is 1. The molecular formula is C23H26N6O2. The van der Waals surface area contributed by atoms with E-state index in [1.54, 1.807) is 19.5 Å². The molecule has 0 radical (unpaired) electrons. The van der Waals surface area contributed by atoms with Crippen LogP contribution < -0.4 is 4.74 Å². The molecule has 0 aliphatic rings. The lowest BCUT2D eigenvalue weighted by atomic mass is 10.2. The molecule has 1 aromatic carbocycles. The molecule has 3 heterocycles. The lowest BCUT2D eigenvalue weighted by Crippen LogP contribution is -2.36. The third-order valence-corrected chi connectivity index (χ3v) is 5.11. The quantitative estimate of drug-likeness (QED) is 0.476. The molecule has 0 saturated heterocycles. The van der Waals surface area contributed by atoms with Gasteiger partial charge in [-0.15, -0.1) is 0 Å². The summed E-state index contributed by atoms with van der Waals surface area (Å²) >= 11 is 0. The summed E-state index contributed by atoms with van der Waals surface area (Å²) in [4.78, 5) is 21.8. The Labute approximate surface area is 181 Å². The van der Waals surface area contributed by atoms with E-state index in [2.05, 4.69) is 20.1 Å². The van der Waals surface area contributed by atoms with Gasteiger partial charge in [-0.3, -0.25) is 9.89 Å². The smallest absolute Gasteiger partial charge is 0.274 e. The van der Waals surface area contributed by atoms with Gasteiger partial charge >= 0.3 is 0 Å². The molecule has 4 aromatic rings. The number of carbonyl (C=O) groups excluding carboxylic acids is 1. The van der Waals surface area contributed by atoms with E-state index in [1.165, 1.54) is 0 Å². The van der Waals surface area contributed by atoms with Gasteiger partial charge in [-0.2, -0.15) is 5.10 Å². The largest absolute Gasteiger partial charge is 0.497 e. The average molecular weight is 419 g/mol. The summed E-state index contributed by atoms with van der Waals surface area (Å²) in [5.74, 6) is 0.676. The molecule has 8 nitrogen and oxygen atoms in total. The standard InChI is InChI=1S/C23H26N6O2/c1-27(2)9-10-28(14-17-5-4-6-20(11-17)31-3)23(30)21-16-29-15-18(7-8-22(29)26-21)19-12-24-25-13-19/h4-8,11-13,15-16H,9-10,14H2,1-3H3,(H,24,25). The highest BCUT2D eigenvalue weighted by Gasteiger charge is 2.20. The third-order valence-electron chi connectivity index (χ3n) is 5.11.